The number of ether oxygens (including phenoxy) is 2. The van der Waals surface area contributed by atoms with Gasteiger partial charge in [0.15, 0.2) is 11.6 Å². The molecule has 0 spiro atoms. The molecule has 1 fully saturated rings. The standard InChI is InChI=1S/C24H26FNO3/c1-17-4-6-18(7-5-17)3-2-14-28-21-11-9-20(10-12-21)24(27)29-23-13-8-19(16-26)15-22(23)25/h8-13,15,17-18H,2-7,14H2,1H3. The summed E-state index contributed by atoms with van der Waals surface area (Å²) in [6.07, 6.45) is 7.58. The Bertz CT molecular complexity index is 865. The van der Waals surface area contributed by atoms with Crippen molar-refractivity contribution >= 4 is 5.97 Å². The van der Waals surface area contributed by atoms with Crippen LogP contribution in [0, 0.1) is 29.0 Å². The molecule has 29 heavy (non-hydrogen) atoms. The molecule has 2 aromatic rings. The summed E-state index contributed by atoms with van der Waals surface area (Å²) >= 11 is 0. The van der Waals surface area contributed by atoms with Gasteiger partial charge in [-0.3, -0.25) is 0 Å². The molecule has 1 saturated carbocycles. The molecule has 0 N–H and O–H groups in total. The number of benzene rings is 2. The molecule has 0 radical (unpaired) electrons. The lowest BCUT2D eigenvalue weighted by atomic mass is 9.81. The van der Waals surface area contributed by atoms with Gasteiger partial charge in [0.1, 0.15) is 5.75 Å². The molecule has 1 aliphatic carbocycles. The third-order valence-electron chi connectivity index (χ3n) is 5.51. The van der Waals surface area contributed by atoms with Gasteiger partial charge in [0.25, 0.3) is 0 Å². The molecule has 0 unspecified atom stereocenters. The lowest BCUT2D eigenvalue weighted by Crippen LogP contribution is -2.13. The van der Waals surface area contributed by atoms with Gasteiger partial charge in [-0.15, -0.1) is 0 Å². The fourth-order valence-electron chi connectivity index (χ4n) is 3.68. The normalized spacial score (nSPS) is 18.7. The molecule has 3 rings (SSSR count). The Morgan fingerprint density at radius 2 is 1.86 bits per heavy atom. The summed E-state index contributed by atoms with van der Waals surface area (Å²) in [6.45, 7) is 2.99. The Labute approximate surface area is 171 Å². The van der Waals surface area contributed by atoms with E-state index < -0.39 is 11.8 Å². The predicted octanol–water partition coefficient (Wildman–Crippen LogP) is 5.90. The molecule has 4 nitrogen and oxygen atoms in total. The van der Waals surface area contributed by atoms with Crippen molar-refractivity contribution < 1.29 is 18.7 Å². The number of carbonyl (C=O) groups is 1. The van der Waals surface area contributed by atoms with E-state index in [9.17, 15) is 9.18 Å². The minimum atomic E-state index is -0.746. The van der Waals surface area contributed by atoms with Crippen LogP contribution in [0.3, 0.4) is 0 Å². The van der Waals surface area contributed by atoms with E-state index in [2.05, 4.69) is 6.92 Å². The second-order valence-electron chi connectivity index (χ2n) is 7.79. The SMILES string of the molecule is CC1CCC(CCCOc2ccc(C(=O)Oc3ccc(C#N)cc3F)cc2)CC1. The van der Waals surface area contributed by atoms with Gasteiger partial charge < -0.3 is 9.47 Å². The summed E-state index contributed by atoms with van der Waals surface area (Å²) < 4.78 is 24.7. The third-order valence-corrected chi connectivity index (χ3v) is 5.51. The highest BCUT2D eigenvalue weighted by Crippen LogP contribution is 2.31. The maximum atomic E-state index is 13.9. The molecule has 1 aliphatic rings. The molecule has 2 aromatic carbocycles. The van der Waals surface area contributed by atoms with Gasteiger partial charge in [-0.1, -0.05) is 32.6 Å². The molecule has 0 aromatic heterocycles. The van der Waals surface area contributed by atoms with Crippen molar-refractivity contribution in [2.45, 2.75) is 45.4 Å². The van der Waals surface area contributed by atoms with E-state index >= 15 is 0 Å². The molecule has 0 atom stereocenters. The minimum Gasteiger partial charge on any atom is -0.494 e. The number of rotatable bonds is 7. The molecule has 152 valence electrons. The van der Waals surface area contributed by atoms with Crippen LogP contribution in [0.4, 0.5) is 4.39 Å². The highest BCUT2D eigenvalue weighted by Gasteiger charge is 2.17. The van der Waals surface area contributed by atoms with Crippen molar-refractivity contribution in [1.82, 2.24) is 0 Å². The summed E-state index contributed by atoms with van der Waals surface area (Å²) in [5.74, 6) is 0.793. The largest absolute Gasteiger partial charge is 0.494 e. The molecule has 0 aliphatic heterocycles. The molecular weight excluding hydrogens is 369 g/mol. The average molecular weight is 395 g/mol. The van der Waals surface area contributed by atoms with Crippen LogP contribution >= 0.6 is 0 Å². The first kappa shape index (κ1) is 20.9. The first-order chi connectivity index (χ1) is 14.0. The van der Waals surface area contributed by atoms with Crippen molar-refractivity contribution in [3.63, 3.8) is 0 Å². The zero-order valence-electron chi connectivity index (χ0n) is 16.7. The summed E-state index contributed by atoms with van der Waals surface area (Å²) in [7, 11) is 0. The van der Waals surface area contributed by atoms with Crippen molar-refractivity contribution in [3.05, 3.63) is 59.4 Å². The van der Waals surface area contributed by atoms with Gasteiger partial charge in [-0.2, -0.15) is 5.26 Å². The fraction of sp³-hybridized carbons (Fsp3) is 0.417. The van der Waals surface area contributed by atoms with Crippen molar-refractivity contribution in [2.75, 3.05) is 6.61 Å². The number of carbonyl (C=O) groups excluding carboxylic acids is 1. The van der Waals surface area contributed by atoms with E-state index in [4.69, 9.17) is 14.7 Å². The number of hydrogen-bond acceptors (Lipinski definition) is 4. The van der Waals surface area contributed by atoms with Crippen LogP contribution in [0.15, 0.2) is 42.5 Å². The zero-order chi connectivity index (χ0) is 20.6. The maximum absolute atomic E-state index is 13.9. The topological polar surface area (TPSA) is 59.3 Å². The predicted molar refractivity (Wildman–Crippen MR) is 108 cm³/mol. The lowest BCUT2D eigenvalue weighted by Gasteiger charge is -2.25. The number of hydrogen-bond donors (Lipinski definition) is 0. The summed E-state index contributed by atoms with van der Waals surface area (Å²) in [5, 5.41) is 8.76. The van der Waals surface area contributed by atoms with Crippen molar-refractivity contribution in [2.24, 2.45) is 11.8 Å². The summed E-state index contributed by atoms with van der Waals surface area (Å²) in [4.78, 5) is 12.2. The van der Waals surface area contributed by atoms with E-state index in [0.29, 0.717) is 17.9 Å². The molecule has 5 heteroatoms. The Balaban J connectivity index is 1.44. The maximum Gasteiger partial charge on any atom is 0.343 e. The van der Waals surface area contributed by atoms with E-state index in [1.165, 1.54) is 44.2 Å². The Kier molecular flexibility index (Phi) is 7.24. The van der Waals surface area contributed by atoms with Gasteiger partial charge >= 0.3 is 5.97 Å². The Morgan fingerprint density at radius 1 is 1.14 bits per heavy atom. The van der Waals surface area contributed by atoms with Crippen LogP contribution in [-0.4, -0.2) is 12.6 Å². The molecule has 0 bridgehead atoms. The van der Waals surface area contributed by atoms with E-state index in [0.717, 1.165) is 24.3 Å². The average Bonchev–Trinajstić information content (AvgIpc) is 2.74. The Hall–Kier alpha value is -2.87. The van der Waals surface area contributed by atoms with Crippen LogP contribution < -0.4 is 9.47 Å². The van der Waals surface area contributed by atoms with E-state index in [-0.39, 0.29) is 11.3 Å². The second-order valence-corrected chi connectivity index (χ2v) is 7.79. The van der Waals surface area contributed by atoms with Crippen LogP contribution in [0.25, 0.3) is 0 Å². The lowest BCUT2D eigenvalue weighted by molar-refractivity contribution is 0.0728. The van der Waals surface area contributed by atoms with Gasteiger partial charge in [0.2, 0.25) is 0 Å². The van der Waals surface area contributed by atoms with Gasteiger partial charge in [-0.25, -0.2) is 9.18 Å². The van der Waals surface area contributed by atoms with Crippen molar-refractivity contribution in [3.8, 4) is 17.6 Å². The fourth-order valence-corrected chi connectivity index (χ4v) is 3.68. The second kappa shape index (κ2) is 10.1. The summed E-state index contributed by atoms with van der Waals surface area (Å²) in [6, 6.07) is 12.2. The number of nitriles is 1. The van der Waals surface area contributed by atoms with E-state index in [1.807, 2.05) is 6.07 Å². The van der Waals surface area contributed by atoms with Crippen LogP contribution in [0.2, 0.25) is 0 Å². The monoisotopic (exact) mass is 395 g/mol. The number of nitrogens with zero attached hydrogens (tertiary/aromatic N) is 1. The quantitative estimate of drug-likeness (QED) is 0.333. The third kappa shape index (κ3) is 6.05. The highest BCUT2D eigenvalue weighted by molar-refractivity contribution is 5.91. The molecule has 0 amide bonds. The minimum absolute atomic E-state index is 0.168. The summed E-state index contributed by atoms with van der Waals surface area (Å²) in [5.41, 5.74) is 0.472. The van der Waals surface area contributed by atoms with E-state index in [1.54, 1.807) is 24.3 Å². The van der Waals surface area contributed by atoms with Gasteiger partial charge in [0.05, 0.1) is 23.8 Å². The first-order valence-corrected chi connectivity index (χ1v) is 10.2. The molecule has 0 heterocycles. The van der Waals surface area contributed by atoms with Crippen LogP contribution in [0.5, 0.6) is 11.5 Å². The zero-order valence-corrected chi connectivity index (χ0v) is 16.7. The Morgan fingerprint density at radius 3 is 2.52 bits per heavy atom. The smallest absolute Gasteiger partial charge is 0.343 e. The highest BCUT2D eigenvalue weighted by atomic mass is 19.1. The van der Waals surface area contributed by atoms with Crippen LogP contribution in [-0.2, 0) is 0 Å². The molecule has 0 saturated heterocycles. The van der Waals surface area contributed by atoms with Crippen molar-refractivity contribution in [1.29, 1.82) is 5.26 Å². The number of esters is 1. The van der Waals surface area contributed by atoms with Gasteiger partial charge in [-0.05, 0) is 67.1 Å². The van der Waals surface area contributed by atoms with Crippen LogP contribution in [0.1, 0.15) is 61.4 Å². The molecular formula is C24H26FNO3. The first-order valence-electron chi connectivity index (χ1n) is 10.2. The number of halogens is 1. The van der Waals surface area contributed by atoms with Gasteiger partial charge in [0, 0.05) is 0 Å².